The molecular weight excluding hydrogens is 252 g/mol. The lowest BCUT2D eigenvalue weighted by atomic mass is 10.0. The highest BCUT2D eigenvalue weighted by Gasteiger charge is 2.11. The van der Waals surface area contributed by atoms with Crippen LogP contribution in [0.2, 0.25) is 5.02 Å². The number of nitrogens with zero attached hydrogens (tertiary/aromatic N) is 1. The number of carbonyl (C=O) groups is 1. The molecule has 0 spiro atoms. The molecule has 96 valence electrons. The predicted molar refractivity (Wildman–Crippen MR) is 71.7 cm³/mol. The summed E-state index contributed by atoms with van der Waals surface area (Å²) in [5.41, 5.74) is 7.92. The minimum absolute atomic E-state index is 0.0765. The van der Waals surface area contributed by atoms with E-state index in [0.29, 0.717) is 11.4 Å². The first kappa shape index (κ1) is 12.9. The minimum Gasteiger partial charge on any atom is -0.481 e. The Bertz CT molecular complexity index is 592. The third kappa shape index (κ3) is 2.49. The van der Waals surface area contributed by atoms with E-state index in [-0.39, 0.29) is 12.5 Å². The van der Waals surface area contributed by atoms with E-state index in [4.69, 9.17) is 22.4 Å². The summed E-state index contributed by atoms with van der Waals surface area (Å²) >= 11 is 6.08. The van der Waals surface area contributed by atoms with Gasteiger partial charge in [-0.3, -0.25) is 4.79 Å². The monoisotopic (exact) mass is 266 g/mol. The minimum atomic E-state index is -0.826. The highest BCUT2D eigenvalue weighted by molar-refractivity contribution is 6.35. The number of hydrogen-bond donors (Lipinski definition) is 2. The molecule has 0 aliphatic carbocycles. The lowest BCUT2D eigenvalue weighted by molar-refractivity contribution is -0.137. The van der Waals surface area contributed by atoms with Gasteiger partial charge in [0.15, 0.2) is 0 Å². The van der Waals surface area contributed by atoms with Crippen molar-refractivity contribution < 1.29 is 9.90 Å². The molecule has 0 aliphatic rings. The fourth-order valence-corrected chi connectivity index (χ4v) is 2.33. The van der Waals surface area contributed by atoms with E-state index >= 15 is 0 Å². The summed E-state index contributed by atoms with van der Waals surface area (Å²) in [6, 6.07) is 5.53. The Morgan fingerprint density at radius 2 is 2.28 bits per heavy atom. The Balaban J connectivity index is 2.29. The highest BCUT2D eigenvalue weighted by atomic mass is 35.5. The summed E-state index contributed by atoms with van der Waals surface area (Å²) in [5, 5.41) is 10.3. The Hall–Kier alpha value is -1.52. The van der Waals surface area contributed by atoms with Gasteiger partial charge in [-0.25, -0.2) is 0 Å². The van der Waals surface area contributed by atoms with Crippen LogP contribution in [-0.2, 0) is 11.8 Å². The molecule has 5 heteroatoms. The number of rotatable bonds is 4. The average Bonchev–Trinajstić information content (AvgIpc) is 2.61. The van der Waals surface area contributed by atoms with Gasteiger partial charge in [0.1, 0.15) is 0 Å². The van der Waals surface area contributed by atoms with Crippen molar-refractivity contribution in [1.82, 2.24) is 4.57 Å². The third-order valence-electron chi connectivity index (χ3n) is 3.06. The van der Waals surface area contributed by atoms with Crippen LogP contribution in [0.25, 0.3) is 10.9 Å². The normalized spacial score (nSPS) is 12.8. The molecule has 1 atom stereocenters. The molecule has 2 aromatic rings. The average molecular weight is 267 g/mol. The topological polar surface area (TPSA) is 68.2 Å². The molecule has 18 heavy (non-hydrogen) atoms. The maximum Gasteiger partial charge on any atom is 0.303 e. The van der Waals surface area contributed by atoms with Gasteiger partial charge in [0.25, 0.3) is 0 Å². The second-order valence-corrected chi connectivity index (χ2v) is 4.81. The molecule has 4 nitrogen and oxygen atoms in total. The van der Waals surface area contributed by atoms with Crippen LogP contribution in [0.3, 0.4) is 0 Å². The van der Waals surface area contributed by atoms with Gasteiger partial charge < -0.3 is 15.4 Å². The van der Waals surface area contributed by atoms with Crippen LogP contribution in [-0.4, -0.2) is 15.6 Å². The molecule has 1 aromatic carbocycles. The largest absolute Gasteiger partial charge is 0.481 e. The molecule has 2 rings (SSSR count). The van der Waals surface area contributed by atoms with Crippen molar-refractivity contribution in [3.05, 3.63) is 35.0 Å². The van der Waals surface area contributed by atoms with Crippen LogP contribution in [0.1, 0.15) is 24.4 Å². The molecule has 1 unspecified atom stereocenters. The van der Waals surface area contributed by atoms with Gasteiger partial charge in [-0.05, 0) is 18.1 Å². The van der Waals surface area contributed by atoms with E-state index in [9.17, 15) is 4.79 Å². The number of aryl methyl sites for hydroxylation is 1. The van der Waals surface area contributed by atoms with Crippen LogP contribution in [0, 0.1) is 0 Å². The van der Waals surface area contributed by atoms with Crippen LogP contribution < -0.4 is 5.73 Å². The first-order valence-electron chi connectivity index (χ1n) is 5.71. The number of carboxylic acid groups (broad SMARTS) is 1. The Morgan fingerprint density at radius 3 is 2.94 bits per heavy atom. The summed E-state index contributed by atoms with van der Waals surface area (Å²) in [6.07, 6.45) is 2.35. The number of benzene rings is 1. The maximum atomic E-state index is 10.5. The van der Waals surface area contributed by atoms with E-state index in [2.05, 4.69) is 0 Å². The molecule has 1 heterocycles. The Kier molecular flexibility index (Phi) is 3.59. The second kappa shape index (κ2) is 5.00. The fourth-order valence-electron chi connectivity index (χ4n) is 2.03. The second-order valence-electron chi connectivity index (χ2n) is 4.40. The molecule has 0 bridgehead atoms. The van der Waals surface area contributed by atoms with Gasteiger partial charge >= 0.3 is 5.97 Å². The number of aromatic nitrogens is 1. The Labute approximate surface area is 110 Å². The van der Waals surface area contributed by atoms with Crippen molar-refractivity contribution in [2.45, 2.75) is 18.9 Å². The first-order chi connectivity index (χ1) is 8.49. The summed E-state index contributed by atoms with van der Waals surface area (Å²) in [7, 11) is 1.92. The number of halogens is 1. The number of fused-ring (bicyclic) bond motifs is 1. The van der Waals surface area contributed by atoms with E-state index in [1.54, 1.807) is 0 Å². The molecule has 1 aromatic heterocycles. The molecule has 0 saturated carbocycles. The first-order valence-corrected chi connectivity index (χ1v) is 6.08. The summed E-state index contributed by atoms with van der Waals surface area (Å²) in [5.74, 6) is -0.826. The van der Waals surface area contributed by atoms with Crippen molar-refractivity contribution in [3.8, 4) is 0 Å². The summed E-state index contributed by atoms with van der Waals surface area (Å²) < 4.78 is 1.94. The van der Waals surface area contributed by atoms with Gasteiger partial charge in [0.2, 0.25) is 0 Å². The van der Waals surface area contributed by atoms with Crippen LogP contribution in [0.4, 0.5) is 0 Å². The molecular formula is C13H15ClN2O2. The zero-order valence-corrected chi connectivity index (χ0v) is 10.8. The van der Waals surface area contributed by atoms with Crippen LogP contribution in [0.5, 0.6) is 0 Å². The summed E-state index contributed by atoms with van der Waals surface area (Å²) in [6.45, 7) is 0. The van der Waals surface area contributed by atoms with Gasteiger partial charge in [0, 0.05) is 36.6 Å². The van der Waals surface area contributed by atoms with Gasteiger partial charge in [-0.2, -0.15) is 0 Å². The van der Waals surface area contributed by atoms with Crippen molar-refractivity contribution in [2.75, 3.05) is 0 Å². The fraction of sp³-hybridized carbons (Fsp3) is 0.308. The number of nitrogens with two attached hydrogens (primary N) is 1. The number of carboxylic acids is 1. The summed E-state index contributed by atoms with van der Waals surface area (Å²) in [4.78, 5) is 10.5. The Morgan fingerprint density at radius 1 is 1.56 bits per heavy atom. The SMILES string of the molecule is Cn1cc(Cl)c2ccc(C(N)CCC(=O)O)cc21. The highest BCUT2D eigenvalue weighted by Crippen LogP contribution is 2.28. The molecule has 0 aliphatic heterocycles. The molecule has 0 fully saturated rings. The third-order valence-corrected chi connectivity index (χ3v) is 3.36. The number of aliphatic carboxylic acids is 1. The molecule has 3 N–H and O–H groups in total. The lowest BCUT2D eigenvalue weighted by Gasteiger charge is -2.11. The molecule has 0 radical (unpaired) electrons. The number of hydrogen-bond acceptors (Lipinski definition) is 2. The van der Waals surface area contributed by atoms with Gasteiger partial charge in [0.05, 0.1) is 5.02 Å². The van der Waals surface area contributed by atoms with Crippen molar-refractivity contribution in [1.29, 1.82) is 0 Å². The zero-order chi connectivity index (χ0) is 13.3. The predicted octanol–water partition coefficient (Wildman–Crippen LogP) is 2.70. The quantitative estimate of drug-likeness (QED) is 0.894. The standard InChI is InChI=1S/C13H15ClN2O2/c1-16-7-10(14)9-3-2-8(6-12(9)16)11(15)4-5-13(17)18/h2-3,6-7,11H,4-5,15H2,1H3,(H,17,18). The van der Waals surface area contributed by atoms with Crippen molar-refractivity contribution in [2.24, 2.45) is 12.8 Å². The van der Waals surface area contributed by atoms with E-state index < -0.39 is 5.97 Å². The molecule has 0 saturated heterocycles. The van der Waals surface area contributed by atoms with Crippen LogP contribution in [0.15, 0.2) is 24.4 Å². The zero-order valence-electron chi connectivity index (χ0n) is 10.1. The van der Waals surface area contributed by atoms with Crippen molar-refractivity contribution >= 4 is 28.5 Å². The van der Waals surface area contributed by atoms with E-state index in [0.717, 1.165) is 16.5 Å². The van der Waals surface area contributed by atoms with E-state index in [1.165, 1.54) is 0 Å². The van der Waals surface area contributed by atoms with Gasteiger partial charge in [-0.15, -0.1) is 0 Å². The van der Waals surface area contributed by atoms with Crippen molar-refractivity contribution in [3.63, 3.8) is 0 Å². The lowest BCUT2D eigenvalue weighted by Crippen LogP contribution is -2.12. The van der Waals surface area contributed by atoms with E-state index in [1.807, 2.05) is 36.0 Å². The molecule has 0 amide bonds. The van der Waals surface area contributed by atoms with Gasteiger partial charge in [-0.1, -0.05) is 23.7 Å². The maximum absolute atomic E-state index is 10.5. The smallest absolute Gasteiger partial charge is 0.303 e. The van der Waals surface area contributed by atoms with Crippen LogP contribution >= 0.6 is 11.6 Å².